The number of hydrogen-bond donors (Lipinski definition) is 1. The fourth-order valence-corrected chi connectivity index (χ4v) is 4.98. The number of nitrogens with zero attached hydrogens (tertiary/aromatic N) is 6. The van der Waals surface area contributed by atoms with Crippen LogP contribution in [-0.4, -0.2) is 51.4 Å². The molecule has 2 fully saturated rings. The molecule has 2 aromatic rings. The first-order valence-corrected chi connectivity index (χ1v) is 10.9. The van der Waals surface area contributed by atoms with Gasteiger partial charge in [-0.15, -0.1) is 10.2 Å². The van der Waals surface area contributed by atoms with Gasteiger partial charge in [-0.2, -0.15) is 5.10 Å². The third-order valence-electron chi connectivity index (χ3n) is 5.87. The number of hydrogen-bond acceptors (Lipinski definition) is 7. The molecule has 0 aromatic carbocycles. The van der Waals surface area contributed by atoms with E-state index in [0.717, 1.165) is 47.9 Å². The number of aromatic nitrogens is 4. The summed E-state index contributed by atoms with van der Waals surface area (Å²) in [6, 6.07) is 0. The Morgan fingerprint density at radius 3 is 2.69 bits per heavy atom. The van der Waals surface area contributed by atoms with E-state index in [2.05, 4.69) is 25.5 Å². The van der Waals surface area contributed by atoms with Crippen molar-refractivity contribution in [2.75, 3.05) is 29.4 Å². The maximum absolute atomic E-state index is 12.8. The molecule has 0 spiro atoms. The predicted molar refractivity (Wildman–Crippen MR) is 111 cm³/mol. The summed E-state index contributed by atoms with van der Waals surface area (Å²) in [5, 5.41) is 17.5. The summed E-state index contributed by atoms with van der Waals surface area (Å²) >= 11 is 1.44. The fourth-order valence-electron chi connectivity index (χ4n) is 4.05. The Morgan fingerprint density at radius 2 is 2.00 bits per heavy atom. The van der Waals surface area contributed by atoms with E-state index in [4.69, 9.17) is 0 Å². The van der Waals surface area contributed by atoms with Crippen molar-refractivity contribution in [1.82, 2.24) is 25.3 Å². The Morgan fingerprint density at radius 1 is 1.21 bits per heavy atom. The third-order valence-corrected chi connectivity index (χ3v) is 6.88. The number of carbonyl (C=O) groups excluding carboxylic acids is 2. The van der Waals surface area contributed by atoms with Crippen LogP contribution in [0.2, 0.25) is 0 Å². The normalized spacial score (nSPS) is 19.8. The highest BCUT2D eigenvalue weighted by molar-refractivity contribution is 7.19. The van der Waals surface area contributed by atoms with Gasteiger partial charge in [-0.05, 0) is 33.1 Å². The lowest BCUT2D eigenvalue weighted by Gasteiger charge is -2.31. The molecule has 2 aliphatic rings. The van der Waals surface area contributed by atoms with Crippen LogP contribution < -0.4 is 15.1 Å². The van der Waals surface area contributed by atoms with Crippen LogP contribution in [0.15, 0.2) is 0 Å². The molecule has 9 nitrogen and oxygen atoms in total. The molecule has 2 aliphatic heterocycles. The van der Waals surface area contributed by atoms with Gasteiger partial charge in [0.05, 0.1) is 11.6 Å². The molecule has 10 heteroatoms. The largest absolute Gasteiger partial charge is 0.352 e. The van der Waals surface area contributed by atoms with Crippen LogP contribution >= 0.6 is 11.3 Å². The maximum atomic E-state index is 12.8. The molecule has 0 aliphatic carbocycles. The zero-order chi connectivity index (χ0) is 20.5. The van der Waals surface area contributed by atoms with Crippen molar-refractivity contribution in [3.05, 3.63) is 17.0 Å². The topological polar surface area (TPSA) is 96.2 Å². The average molecular weight is 418 g/mol. The first-order chi connectivity index (χ1) is 13.9. The second kappa shape index (κ2) is 8.10. The molecule has 1 atom stereocenters. The van der Waals surface area contributed by atoms with Crippen molar-refractivity contribution in [2.24, 2.45) is 13.0 Å². The van der Waals surface area contributed by atoms with Gasteiger partial charge in [0.25, 0.3) is 0 Å². The van der Waals surface area contributed by atoms with Crippen molar-refractivity contribution >= 4 is 33.4 Å². The third kappa shape index (κ3) is 3.98. The highest BCUT2D eigenvalue weighted by atomic mass is 32.1. The molecule has 1 N–H and O–H groups in total. The molecule has 0 saturated carbocycles. The summed E-state index contributed by atoms with van der Waals surface area (Å²) in [6.07, 6.45) is 3.25. The van der Waals surface area contributed by atoms with Gasteiger partial charge in [0.1, 0.15) is 0 Å². The molecule has 4 rings (SSSR count). The van der Waals surface area contributed by atoms with Gasteiger partial charge in [-0.3, -0.25) is 19.2 Å². The van der Waals surface area contributed by atoms with Crippen molar-refractivity contribution in [2.45, 2.75) is 46.1 Å². The van der Waals surface area contributed by atoms with Crippen LogP contribution in [0.5, 0.6) is 0 Å². The van der Waals surface area contributed by atoms with Crippen LogP contribution in [0.3, 0.4) is 0 Å². The van der Waals surface area contributed by atoms with Gasteiger partial charge in [-0.25, -0.2) is 0 Å². The summed E-state index contributed by atoms with van der Waals surface area (Å²) < 4.78 is 1.84. The van der Waals surface area contributed by atoms with Crippen molar-refractivity contribution in [3.63, 3.8) is 0 Å². The van der Waals surface area contributed by atoms with Crippen molar-refractivity contribution in [1.29, 1.82) is 0 Å². The van der Waals surface area contributed by atoms with Gasteiger partial charge in [0, 0.05) is 50.9 Å². The molecular formula is C19H27N7O2S. The van der Waals surface area contributed by atoms with Gasteiger partial charge >= 0.3 is 0 Å². The first-order valence-electron chi connectivity index (χ1n) is 10.1. The fraction of sp³-hybridized carbons (Fsp3) is 0.632. The summed E-state index contributed by atoms with van der Waals surface area (Å²) in [5.74, 6) is 0.100. The van der Waals surface area contributed by atoms with E-state index in [1.807, 2.05) is 25.6 Å². The van der Waals surface area contributed by atoms with Crippen molar-refractivity contribution in [3.8, 4) is 0 Å². The number of anilines is 2. The quantitative estimate of drug-likeness (QED) is 0.793. The van der Waals surface area contributed by atoms with Crippen LogP contribution in [0.1, 0.15) is 42.6 Å². The molecule has 29 heavy (non-hydrogen) atoms. The van der Waals surface area contributed by atoms with E-state index in [9.17, 15) is 9.59 Å². The minimum atomic E-state index is -0.0817. The molecule has 2 amide bonds. The van der Waals surface area contributed by atoms with E-state index in [1.165, 1.54) is 11.3 Å². The van der Waals surface area contributed by atoms with Crippen LogP contribution in [0.4, 0.5) is 10.3 Å². The SMILES string of the molecule is Cc1nn(C)c(C)c1CNC(=O)C1CCCN(c2nnc(N3CCCC3=O)s2)C1. The zero-order valence-electron chi connectivity index (χ0n) is 17.1. The maximum Gasteiger partial charge on any atom is 0.228 e. The minimum absolute atomic E-state index is 0.0665. The van der Waals surface area contributed by atoms with E-state index < -0.39 is 0 Å². The van der Waals surface area contributed by atoms with Crippen LogP contribution in [-0.2, 0) is 23.2 Å². The monoisotopic (exact) mass is 417 g/mol. The molecule has 1 unspecified atom stereocenters. The predicted octanol–water partition coefficient (Wildman–Crippen LogP) is 1.55. The Balaban J connectivity index is 1.37. The number of carbonyl (C=O) groups is 2. The second-order valence-corrected chi connectivity index (χ2v) is 8.73. The van der Waals surface area contributed by atoms with Gasteiger partial charge in [-0.1, -0.05) is 11.3 Å². The smallest absolute Gasteiger partial charge is 0.228 e. The molecule has 2 saturated heterocycles. The van der Waals surface area contributed by atoms with Gasteiger partial charge in [0.2, 0.25) is 22.1 Å². The molecule has 0 bridgehead atoms. The first kappa shape index (κ1) is 19.8. The lowest BCUT2D eigenvalue weighted by Crippen LogP contribution is -2.43. The number of rotatable bonds is 5. The lowest BCUT2D eigenvalue weighted by atomic mass is 9.97. The van der Waals surface area contributed by atoms with E-state index in [-0.39, 0.29) is 17.7 Å². The molecule has 156 valence electrons. The van der Waals surface area contributed by atoms with Gasteiger partial charge < -0.3 is 10.2 Å². The standard InChI is InChI=1S/C19H27N7O2S/c1-12-15(13(2)24(3)23-12)10-20-17(28)14-6-4-8-25(11-14)18-21-22-19(29-18)26-9-5-7-16(26)27/h14H,4-11H2,1-3H3,(H,20,28). The van der Waals surface area contributed by atoms with E-state index in [1.54, 1.807) is 4.90 Å². The summed E-state index contributed by atoms with van der Waals surface area (Å²) in [4.78, 5) is 28.6. The van der Waals surface area contributed by atoms with Crippen LogP contribution in [0, 0.1) is 19.8 Å². The number of piperidine rings is 1. The Bertz CT molecular complexity index is 922. The lowest BCUT2D eigenvalue weighted by molar-refractivity contribution is -0.125. The molecule has 4 heterocycles. The molecule has 2 aromatic heterocycles. The summed E-state index contributed by atoms with van der Waals surface area (Å²) in [7, 11) is 1.92. The van der Waals surface area contributed by atoms with E-state index >= 15 is 0 Å². The minimum Gasteiger partial charge on any atom is -0.352 e. The van der Waals surface area contributed by atoms with Gasteiger partial charge in [0.15, 0.2) is 0 Å². The highest BCUT2D eigenvalue weighted by Gasteiger charge is 2.30. The average Bonchev–Trinajstić information content (AvgIpc) is 3.41. The Kier molecular flexibility index (Phi) is 5.53. The van der Waals surface area contributed by atoms with E-state index in [0.29, 0.717) is 31.2 Å². The number of nitrogens with one attached hydrogen (secondary N) is 1. The molecule has 0 radical (unpaired) electrons. The Labute approximate surface area is 174 Å². The number of aryl methyl sites for hydroxylation is 2. The van der Waals surface area contributed by atoms with Crippen LogP contribution in [0.25, 0.3) is 0 Å². The number of amides is 2. The highest BCUT2D eigenvalue weighted by Crippen LogP contribution is 2.32. The Hall–Kier alpha value is -2.49. The second-order valence-electron chi connectivity index (χ2n) is 7.79. The zero-order valence-corrected chi connectivity index (χ0v) is 18.0. The summed E-state index contributed by atoms with van der Waals surface area (Å²) in [6.45, 7) is 6.68. The summed E-state index contributed by atoms with van der Waals surface area (Å²) in [5.41, 5.74) is 3.11. The van der Waals surface area contributed by atoms with Crippen molar-refractivity contribution < 1.29 is 9.59 Å². The molecular weight excluding hydrogens is 390 g/mol.